The largest absolute Gasteiger partial charge is 0.469 e. The fraction of sp³-hybridized carbons (Fsp3) is 0.756. The third-order valence-corrected chi connectivity index (χ3v) is 31.7. The van der Waals surface area contributed by atoms with Gasteiger partial charge in [0, 0.05) is 47.2 Å². The highest BCUT2D eigenvalue weighted by Crippen LogP contribution is 2.91. The van der Waals surface area contributed by atoms with Crippen molar-refractivity contribution in [2.45, 2.75) is 222 Å². The van der Waals surface area contributed by atoms with E-state index in [4.69, 9.17) is 23.4 Å². The highest BCUT2D eigenvalue weighted by atomic mass is 16.7. The average Bonchev–Trinajstić information content (AvgIpc) is 1.42. The molecule has 91 heavy (non-hydrogen) atoms. The van der Waals surface area contributed by atoms with Gasteiger partial charge in [0.1, 0.15) is 29.7 Å². The van der Waals surface area contributed by atoms with E-state index in [0.29, 0.717) is 60.3 Å². The van der Waals surface area contributed by atoms with Gasteiger partial charge in [-0.15, -0.1) is 0 Å². The van der Waals surface area contributed by atoms with Crippen molar-refractivity contribution in [3.63, 3.8) is 0 Å². The fourth-order valence-electron chi connectivity index (χ4n) is 28.9. The molecule has 10 aliphatic carbocycles. The number of carbonyl (C=O) groups is 3. The average molecular weight is 1240 g/mol. The SMILES string of the molecule is C[C@H](C[C@H]1C=C2C[C@@H]3CC4(CCCC4)C[C@]34C[C@@H]3C[C@]5(C)[C@]67O[C@@H]6C(=O)O[C@]5(c5ccoc5C[C@@H]([C@@H]5CC[C@H]6[C@H](C=CN8CNC[C@@H]68)C5)[C@H](O)CO)CC#C[C@@H]5CC[C@@H](Cc6ccccc6)C[C@@H]5[C@]75[C@H](O)C(=O)[C@@H]6[C@@]1(C)O[C@]21[C@H]4C(=O)OC[C@@]61[C@@H]35)C1CCCCC1. The van der Waals surface area contributed by atoms with Gasteiger partial charge in [0.25, 0.3) is 0 Å². The topological polar surface area (TPSA) is 181 Å². The molecule has 2 aromatic rings. The highest BCUT2D eigenvalue weighted by molar-refractivity contribution is 5.94. The number of ether oxygens (including phenoxy) is 4. The number of Topliss-reactive ketones (excluding diaryl/α,β-unsaturated/α-hetero) is 1. The van der Waals surface area contributed by atoms with E-state index < -0.39 is 98.6 Å². The van der Waals surface area contributed by atoms with Crippen LogP contribution in [-0.2, 0) is 51.8 Å². The zero-order valence-corrected chi connectivity index (χ0v) is 54.1. The second-order valence-corrected chi connectivity index (χ2v) is 34.8. The molecule has 0 radical (unpaired) electrons. The number of esters is 2. The van der Waals surface area contributed by atoms with Gasteiger partial charge in [0.15, 0.2) is 17.5 Å². The van der Waals surface area contributed by atoms with Gasteiger partial charge >= 0.3 is 11.9 Å². The minimum absolute atomic E-state index is 0.0243. The van der Waals surface area contributed by atoms with Crippen molar-refractivity contribution in [3.05, 3.63) is 83.5 Å². The Labute approximate surface area is 537 Å². The molecular formula is C78H98N2O11. The van der Waals surface area contributed by atoms with Crippen LogP contribution in [0.5, 0.6) is 0 Å². The number of hydrogen-bond acceptors (Lipinski definition) is 13. The molecule has 0 amide bonds. The first kappa shape index (κ1) is 58.1. The zero-order valence-electron chi connectivity index (χ0n) is 54.1. The number of ketones is 1. The number of aliphatic hydroxyl groups excluding tert-OH is 3. The number of aliphatic hydroxyl groups is 3. The summed E-state index contributed by atoms with van der Waals surface area (Å²) in [5.74, 6) is 6.61. The summed E-state index contributed by atoms with van der Waals surface area (Å²) in [4.78, 5) is 52.7. The number of cyclic esters (lactones) is 1. The van der Waals surface area contributed by atoms with Crippen LogP contribution in [0.3, 0.4) is 0 Å². The fourth-order valence-corrected chi connectivity index (χ4v) is 28.9. The Hall–Kier alpha value is -4.29. The molecule has 4 N–H and O–H groups in total. The molecule has 13 heteroatoms. The molecule has 9 bridgehead atoms. The van der Waals surface area contributed by atoms with Gasteiger partial charge in [-0.1, -0.05) is 113 Å². The van der Waals surface area contributed by atoms with Crippen LogP contribution in [0.2, 0.25) is 0 Å². The van der Waals surface area contributed by atoms with Crippen molar-refractivity contribution in [2.75, 3.05) is 26.4 Å². The van der Waals surface area contributed by atoms with Crippen LogP contribution in [0.15, 0.2) is 71.0 Å². The van der Waals surface area contributed by atoms with Crippen LogP contribution in [0.4, 0.5) is 0 Å². The van der Waals surface area contributed by atoms with E-state index in [-0.39, 0.29) is 71.6 Å². The lowest BCUT2D eigenvalue weighted by molar-refractivity contribution is -0.315. The van der Waals surface area contributed by atoms with Crippen molar-refractivity contribution in [2.24, 2.45) is 116 Å². The maximum atomic E-state index is 17.8. The van der Waals surface area contributed by atoms with Crippen LogP contribution < -0.4 is 5.32 Å². The molecule has 26 atom stereocenters. The molecule has 5 saturated heterocycles. The smallest absolute Gasteiger partial charge is 0.339 e. The van der Waals surface area contributed by atoms with E-state index in [9.17, 15) is 10.2 Å². The van der Waals surface area contributed by atoms with Crippen molar-refractivity contribution < 1.29 is 53.1 Å². The Morgan fingerprint density at radius 2 is 1.74 bits per heavy atom. The molecule has 6 spiro atoms. The summed E-state index contributed by atoms with van der Waals surface area (Å²) in [6.45, 7) is 8.46. The summed E-state index contributed by atoms with van der Waals surface area (Å²) in [6, 6.07) is 13.2. The lowest BCUT2D eigenvalue weighted by Gasteiger charge is -2.74. The number of epoxide rings is 1. The number of nitrogens with one attached hydrogen (secondary N) is 1. The molecule has 0 unspecified atom stereocenters. The first-order chi connectivity index (χ1) is 44.1. The minimum atomic E-state index is -1.57. The molecule has 1 aromatic carbocycles. The molecule has 17 aliphatic rings. The van der Waals surface area contributed by atoms with Crippen LogP contribution in [0.25, 0.3) is 0 Å². The van der Waals surface area contributed by atoms with Gasteiger partial charge in [-0.3, -0.25) is 14.9 Å². The Balaban J connectivity index is 0.828. The summed E-state index contributed by atoms with van der Waals surface area (Å²) < 4.78 is 37.9. The van der Waals surface area contributed by atoms with E-state index >= 15 is 19.5 Å². The van der Waals surface area contributed by atoms with Gasteiger partial charge < -0.3 is 43.6 Å². The zero-order chi connectivity index (χ0) is 61.6. The molecule has 7 aliphatic heterocycles. The van der Waals surface area contributed by atoms with E-state index in [0.717, 1.165) is 96.7 Å². The number of rotatable bonds is 11. The van der Waals surface area contributed by atoms with Gasteiger partial charge in [0.05, 0.1) is 54.9 Å². The summed E-state index contributed by atoms with van der Waals surface area (Å²) in [5.41, 5.74) is -6.09. The van der Waals surface area contributed by atoms with Gasteiger partial charge in [-0.25, -0.2) is 4.79 Å². The first-order valence-corrected chi connectivity index (χ1v) is 36.8. The minimum Gasteiger partial charge on any atom is -0.469 e. The third kappa shape index (κ3) is 7.06. The lowest BCUT2D eigenvalue weighted by atomic mass is 9.28. The molecule has 1 aromatic heterocycles. The second-order valence-electron chi connectivity index (χ2n) is 34.8. The number of hydrogen-bond donors (Lipinski definition) is 4. The number of allylic oxidation sites excluding steroid dienone is 1. The number of carbonyl (C=O) groups excluding carboxylic acids is 3. The Kier molecular flexibility index (Phi) is 12.6. The van der Waals surface area contributed by atoms with Crippen LogP contribution in [-0.4, -0.2) is 106 Å². The van der Waals surface area contributed by atoms with Gasteiger partial charge in [0.2, 0.25) is 0 Å². The summed E-state index contributed by atoms with van der Waals surface area (Å²) in [7, 11) is 0. The Bertz CT molecular complexity index is 3480. The molecule has 19 rings (SSSR count). The summed E-state index contributed by atoms with van der Waals surface area (Å²) in [6.07, 6.45) is 27.6. The van der Waals surface area contributed by atoms with E-state index in [1.165, 1.54) is 56.1 Å². The summed E-state index contributed by atoms with van der Waals surface area (Å²) >= 11 is 0. The highest BCUT2D eigenvalue weighted by Gasteiger charge is 3.00. The monoisotopic (exact) mass is 1240 g/mol. The van der Waals surface area contributed by atoms with Gasteiger partial charge in [-0.05, 0) is 203 Å². The van der Waals surface area contributed by atoms with Crippen LogP contribution >= 0.6 is 0 Å². The lowest BCUT2D eigenvalue weighted by Crippen LogP contribution is -2.83. The van der Waals surface area contributed by atoms with E-state index in [1.54, 1.807) is 6.26 Å². The van der Waals surface area contributed by atoms with Crippen LogP contribution in [0.1, 0.15) is 179 Å². The van der Waals surface area contributed by atoms with Crippen molar-refractivity contribution in [1.29, 1.82) is 0 Å². The molecular weight excluding hydrogens is 1140 g/mol. The molecule has 8 heterocycles. The molecule has 13 nitrogen and oxygen atoms in total. The quantitative estimate of drug-likeness (QED) is 0.0723. The first-order valence-electron chi connectivity index (χ1n) is 36.8. The molecule has 14 fully saturated rings. The Morgan fingerprint density at radius 1 is 0.901 bits per heavy atom. The van der Waals surface area contributed by atoms with Crippen LogP contribution in [0, 0.1) is 128 Å². The van der Waals surface area contributed by atoms with Crippen molar-refractivity contribution in [3.8, 4) is 11.8 Å². The van der Waals surface area contributed by atoms with Crippen molar-refractivity contribution >= 4 is 17.7 Å². The second kappa shape index (κ2) is 19.7. The molecule has 9 saturated carbocycles. The number of nitrogens with zero attached hydrogens (tertiary/aromatic N) is 1. The van der Waals surface area contributed by atoms with Crippen molar-refractivity contribution in [1.82, 2.24) is 10.2 Å². The number of benzene rings is 1. The number of furan rings is 1. The third-order valence-electron chi connectivity index (χ3n) is 31.7. The number of fused-ring (bicyclic) bond motifs is 6. The Morgan fingerprint density at radius 3 is 2.56 bits per heavy atom. The van der Waals surface area contributed by atoms with E-state index in [1.807, 2.05) is 6.07 Å². The standard InChI is InChI=1S/C78H98N2O11/c1-44(47-15-8-5-9-16-47)29-52-33-53-34-54-38-72(24-10-11-25-72)41-73(54)37-51-36-70(2)75(57-23-28-87-61(57)35-56(60(82)40-81)49-20-21-55-50(32-49)22-27-80-43-79-39-59(55)80)26-12-17-48-19-18-46(30-45-13-6-4-7-14-45)31-58(48)76(78(70)67(89-78)69(86)90-75)63(51)74-42-88-68(85)65(73)77(53,74)91-71(52,3)64(74)62(83)66(76)84/h4,6-7,13-14,22-23,27-28,33,44,46-52,54-56,58-60,63-67,79,81-82,84H,5,8-11,15-16,18-21,24-26,29-32,34-43H2,1-3H3/t44-,46+,48-,49-,50-,51+,52+,54-,55+,56+,58+,59+,60-,63-,64-,65+,66-,67-,70+,71+,73-,74-,75+,76+,77+,78-/m1/s1. The van der Waals surface area contributed by atoms with Gasteiger partial charge in [-0.2, -0.15) is 0 Å². The normalized spacial score (nSPS) is 50.4. The summed E-state index contributed by atoms with van der Waals surface area (Å²) in [5, 5.41) is 41.9. The maximum absolute atomic E-state index is 17.8. The predicted octanol–water partition coefficient (Wildman–Crippen LogP) is 11.0. The predicted molar refractivity (Wildman–Crippen MR) is 336 cm³/mol. The van der Waals surface area contributed by atoms with E-state index in [2.05, 4.69) is 91.5 Å². The molecule has 486 valence electrons. The maximum Gasteiger partial charge on any atom is 0.339 e.